The van der Waals surface area contributed by atoms with Crippen LogP contribution in [0.25, 0.3) is 0 Å². The second-order valence-electron chi connectivity index (χ2n) is 6.54. The maximum Gasteiger partial charge on any atom is 0.198 e. The molecule has 1 atom stereocenters. The maximum absolute atomic E-state index is 12.1. The summed E-state index contributed by atoms with van der Waals surface area (Å²) in [5.41, 5.74) is 0. The van der Waals surface area contributed by atoms with E-state index in [1.807, 2.05) is 6.29 Å². The van der Waals surface area contributed by atoms with Crippen molar-refractivity contribution in [2.75, 3.05) is 0 Å². The van der Waals surface area contributed by atoms with E-state index in [4.69, 9.17) is 0 Å². The van der Waals surface area contributed by atoms with Gasteiger partial charge in [0, 0.05) is 18.8 Å². The number of hydrogen-bond acceptors (Lipinski definition) is 2. The van der Waals surface area contributed by atoms with Gasteiger partial charge in [-0.3, -0.25) is 9.59 Å². The molecule has 0 aliphatic rings. The van der Waals surface area contributed by atoms with Crippen molar-refractivity contribution in [2.45, 2.75) is 110 Å². The van der Waals surface area contributed by atoms with Crippen molar-refractivity contribution in [1.82, 2.24) is 0 Å². The summed E-state index contributed by atoms with van der Waals surface area (Å²) in [6, 6.07) is 0. The van der Waals surface area contributed by atoms with E-state index in [-0.39, 0.29) is 0 Å². The van der Waals surface area contributed by atoms with Gasteiger partial charge < -0.3 is 0 Å². The van der Waals surface area contributed by atoms with Crippen LogP contribution < -0.4 is 0 Å². The fraction of sp³-hybridized carbons (Fsp3) is 0.900. The van der Waals surface area contributed by atoms with Gasteiger partial charge in [-0.05, 0) is 25.7 Å². The summed E-state index contributed by atoms with van der Waals surface area (Å²) in [5.74, 6) is 0.825. The van der Waals surface area contributed by atoms with E-state index in [2.05, 4.69) is 13.8 Å². The minimum atomic E-state index is 0.323. The van der Waals surface area contributed by atoms with E-state index in [9.17, 15) is 9.59 Å². The second kappa shape index (κ2) is 16.7. The zero-order valence-corrected chi connectivity index (χ0v) is 15.0. The van der Waals surface area contributed by atoms with Crippen LogP contribution in [0.5, 0.6) is 0 Å². The molecular weight excluding hydrogens is 272 g/mol. The quantitative estimate of drug-likeness (QED) is 0.301. The lowest BCUT2D eigenvalue weighted by Crippen LogP contribution is -2.13. The molecule has 1 unspecified atom stereocenters. The van der Waals surface area contributed by atoms with Crippen LogP contribution in [0.3, 0.4) is 0 Å². The summed E-state index contributed by atoms with van der Waals surface area (Å²) in [7, 11) is 0. The standard InChI is InChI=1S/C20H37O2/c1-3-5-16-19(4-2)20(22)17-14-12-10-8-6-7-9-11-13-15-18-21/h19H,3-17H2,1-2H3. The smallest absolute Gasteiger partial charge is 0.198 e. The average Bonchev–Trinajstić information content (AvgIpc) is 2.53. The first-order valence-electron chi connectivity index (χ1n) is 9.63. The molecule has 0 aromatic heterocycles. The highest BCUT2D eigenvalue weighted by atomic mass is 16.1. The van der Waals surface area contributed by atoms with Crippen LogP contribution in [0.1, 0.15) is 110 Å². The van der Waals surface area contributed by atoms with Crippen LogP contribution in [-0.2, 0) is 9.59 Å². The van der Waals surface area contributed by atoms with Crippen LogP contribution >= 0.6 is 0 Å². The van der Waals surface area contributed by atoms with Crippen molar-refractivity contribution >= 4 is 12.1 Å². The third-order valence-electron chi connectivity index (χ3n) is 4.56. The lowest BCUT2D eigenvalue weighted by atomic mass is 9.91. The largest absolute Gasteiger partial charge is 0.299 e. The molecular formula is C20H37O2. The molecule has 0 saturated heterocycles. The normalized spacial score (nSPS) is 12.3. The van der Waals surface area contributed by atoms with E-state index in [0.717, 1.165) is 32.1 Å². The monoisotopic (exact) mass is 309 g/mol. The van der Waals surface area contributed by atoms with Gasteiger partial charge >= 0.3 is 0 Å². The first kappa shape index (κ1) is 21.3. The zero-order valence-electron chi connectivity index (χ0n) is 15.0. The Morgan fingerprint density at radius 1 is 0.818 bits per heavy atom. The van der Waals surface area contributed by atoms with Gasteiger partial charge in [0.1, 0.15) is 5.78 Å². The molecule has 129 valence electrons. The molecule has 2 nitrogen and oxygen atoms in total. The highest BCUT2D eigenvalue weighted by Crippen LogP contribution is 2.18. The molecule has 0 bridgehead atoms. The zero-order chi connectivity index (χ0) is 16.5. The molecule has 22 heavy (non-hydrogen) atoms. The van der Waals surface area contributed by atoms with Gasteiger partial charge in [0.2, 0.25) is 0 Å². The molecule has 0 spiro atoms. The predicted molar refractivity (Wildman–Crippen MR) is 94.8 cm³/mol. The van der Waals surface area contributed by atoms with Gasteiger partial charge in [0.05, 0.1) is 0 Å². The van der Waals surface area contributed by atoms with Gasteiger partial charge in [-0.1, -0.05) is 71.6 Å². The van der Waals surface area contributed by atoms with Gasteiger partial charge in [0.15, 0.2) is 6.29 Å². The van der Waals surface area contributed by atoms with Crippen LogP contribution in [-0.4, -0.2) is 12.1 Å². The van der Waals surface area contributed by atoms with E-state index in [1.165, 1.54) is 57.8 Å². The third kappa shape index (κ3) is 13.0. The van der Waals surface area contributed by atoms with Crippen LogP contribution in [0.4, 0.5) is 0 Å². The molecule has 0 heterocycles. The number of carbonyl (C=O) groups is 1. The molecule has 2 heteroatoms. The molecule has 0 aromatic carbocycles. The number of hydrogen-bond donors (Lipinski definition) is 0. The summed E-state index contributed by atoms with van der Waals surface area (Å²) in [4.78, 5) is 22.2. The Morgan fingerprint density at radius 2 is 1.36 bits per heavy atom. The summed E-state index contributed by atoms with van der Waals surface area (Å²) in [6.07, 6.45) is 18.7. The van der Waals surface area contributed by atoms with Gasteiger partial charge in [-0.25, -0.2) is 0 Å². The van der Waals surface area contributed by atoms with Gasteiger partial charge in [-0.15, -0.1) is 0 Å². The van der Waals surface area contributed by atoms with Crippen LogP contribution in [0.15, 0.2) is 0 Å². The number of ketones is 1. The second-order valence-corrected chi connectivity index (χ2v) is 6.54. The number of rotatable bonds is 17. The van der Waals surface area contributed by atoms with Crippen molar-refractivity contribution in [3.63, 3.8) is 0 Å². The molecule has 0 aliphatic heterocycles. The third-order valence-corrected chi connectivity index (χ3v) is 4.56. The molecule has 0 saturated carbocycles. The topological polar surface area (TPSA) is 34.1 Å². The van der Waals surface area contributed by atoms with E-state index in [1.54, 1.807) is 0 Å². The Bertz CT molecular complexity index is 260. The Morgan fingerprint density at radius 3 is 1.86 bits per heavy atom. The minimum absolute atomic E-state index is 0.323. The highest BCUT2D eigenvalue weighted by Gasteiger charge is 2.14. The Hall–Kier alpha value is -0.660. The van der Waals surface area contributed by atoms with Crippen LogP contribution in [0, 0.1) is 5.92 Å². The summed E-state index contributed by atoms with van der Waals surface area (Å²) < 4.78 is 0. The van der Waals surface area contributed by atoms with Crippen molar-refractivity contribution in [3.05, 3.63) is 0 Å². The summed E-state index contributed by atoms with van der Waals surface area (Å²) in [6.45, 7) is 4.34. The number of carbonyl (C=O) groups excluding carboxylic acids is 2. The molecule has 0 aliphatic carbocycles. The Balaban J connectivity index is 3.37. The van der Waals surface area contributed by atoms with E-state index in [0.29, 0.717) is 18.1 Å². The van der Waals surface area contributed by atoms with Crippen molar-refractivity contribution in [2.24, 2.45) is 5.92 Å². The predicted octanol–water partition coefficient (Wildman–Crippen LogP) is 6.17. The Labute approximate surface area is 138 Å². The lowest BCUT2D eigenvalue weighted by molar-refractivity contribution is -0.123. The lowest BCUT2D eigenvalue weighted by Gasteiger charge is -2.12. The molecule has 0 N–H and O–H groups in total. The first-order valence-corrected chi connectivity index (χ1v) is 9.63. The van der Waals surface area contributed by atoms with Crippen molar-refractivity contribution < 1.29 is 9.59 Å². The molecule has 0 aromatic rings. The average molecular weight is 310 g/mol. The molecule has 0 amide bonds. The maximum atomic E-state index is 12.1. The number of Topliss-reactive ketones (excluding diaryl/α,β-unsaturated/α-hetero) is 1. The summed E-state index contributed by atoms with van der Waals surface area (Å²) >= 11 is 0. The van der Waals surface area contributed by atoms with Crippen molar-refractivity contribution in [3.8, 4) is 0 Å². The highest BCUT2D eigenvalue weighted by molar-refractivity contribution is 5.80. The van der Waals surface area contributed by atoms with Gasteiger partial charge in [-0.2, -0.15) is 0 Å². The van der Waals surface area contributed by atoms with E-state index < -0.39 is 0 Å². The van der Waals surface area contributed by atoms with E-state index >= 15 is 0 Å². The SMILES string of the molecule is CCCCC(CC)C(=O)CCCCCCCCCCC[C]=O. The number of unbranched alkanes of at least 4 members (excludes halogenated alkanes) is 10. The fourth-order valence-corrected chi connectivity index (χ4v) is 2.98. The van der Waals surface area contributed by atoms with Crippen LogP contribution in [0.2, 0.25) is 0 Å². The fourth-order valence-electron chi connectivity index (χ4n) is 2.98. The summed E-state index contributed by atoms with van der Waals surface area (Å²) in [5, 5.41) is 0. The van der Waals surface area contributed by atoms with Crippen molar-refractivity contribution in [1.29, 1.82) is 0 Å². The molecule has 0 fully saturated rings. The van der Waals surface area contributed by atoms with Gasteiger partial charge in [0.25, 0.3) is 0 Å². The molecule has 0 rings (SSSR count). The Kier molecular flexibility index (Phi) is 16.2. The molecule has 1 radical (unpaired) electrons. The minimum Gasteiger partial charge on any atom is -0.299 e. The first-order chi connectivity index (χ1) is 10.8.